The van der Waals surface area contributed by atoms with Crippen molar-refractivity contribution in [2.45, 2.75) is 12.5 Å². The highest BCUT2D eigenvalue weighted by molar-refractivity contribution is 7.10. The number of fused-ring (bicyclic) bond motifs is 1. The highest BCUT2D eigenvalue weighted by Gasteiger charge is 2.15. The fraction of sp³-hybridized carbons (Fsp3) is 0.222. The van der Waals surface area contributed by atoms with E-state index in [1.807, 2.05) is 30.3 Å². The van der Waals surface area contributed by atoms with E-state index in [0.29, 0.717) is 5.75 Å². The van der Waals surface area contributed by atoms with Crippen molar-refractivity contribution in [3.8, 4) is 5.75 Å². The maximum Gasteiger partial charge on any atom is 0.134 e. The largest absolute Gasteiger partial charge is 0.484 e. The molecule has 0 amide bonds. The number of hydrogen-bond acceptors (Lipinski definition) is 3. The second-order valence-electron chi connectivity index (χ2n) is 4.46. The quantitative estimate of drug-likeness (QED) is 0.717. The minimum absolute atomic E-state index is 0.0528. The van der Waals surface area contributed by atoms with Gasteiger partial charge >= 0.3 is 0 Å². The van der Waals surface area contributed by atoms with Gasteiger partial charge in [-0.2, -0.15) is 0 Å². The SMILES string of the molecule is [2H]c1sc(C([2H])(CCNC([2H])([2H])[2H])Oc2cccc3ccccc23)c([2H])c1[2H]. The van der Waals surface area contributed by atoms with Gasteiger partial charge in [0.05, 0.1) is 5.48 Å². The molecule has 2 aromatic carbocycles. The average molecular weight is 304 g/mol. The van der Waals surface area contributed by atoms with Gasteiger partial charge in [0.25, 0.3) is 0 Å². The van der Waals surface area contributed by atoms with Crippen LogP contribution in [-0.2, 0) is 0 Å². The van der Waals surface area contributed by atoms with E-state index in [-0.39, 0.29) is 35.3 Å². The predicted molar refractivity (Wildman–Crippen MR) is 90.2 cm³/mol. The molecule has 3 rings (SSSR count). The summed E-state index contributed by atoms with van der Waals surface area (Å²) < 4.78 is 60.5. The van der Waals surface area contributed by atoms with Crippen LogP contribution >= 0.6 is 11.3 Å². The molecule has 0 bridgehead atoms. The molecule has 1 aromatic heterocycles. The summed E-state index contributed by atoms with van der Waals surface area (Å²) in [7, 11) is 0. The van der Waals surface area contributed by atoms with Crippen molar-refractivity contribution in [2.24, 2.45) is 0 Å². The van der Waals surface area contributed by atoms with E-state index in [2.05, 4.69) is 5.32 Å². The van der Waals surface area contributed by atoms with Crippen LogP contribution in [0.5, 0.6) is 5.75 Å². The van der Waals surface area contributed by atoms with E-state index < -0.39 is 13.1 Å². The zero-order valence-electron chi connectivity index (χ0n) is 18.3. The maximum atomic E-state index is 8.91. The second kappa shape index (κ2) is 6.74. The zero-order valence-corrected chi connectivity index (χ0v) is 12.1. The van der Waals surface area contributed by atoms with Crippen molar-refractivity contribution >= 4 is 22.1 Å². The normalized spacial score (nSPS) is 19.3. The molecule has 108 valence electrons. The molecule has 0 saturated carbocycles. The van der Waals surface area contributed by atoms with Gasteiger partial charge in [-0.3, -0.25) is 0 Å². The number of rotatable bonds is 6. The van der Waals surface area contributed by atoms with Crippen molar-refractivity contribution < 1.29 is 14.3 Å². The van der Waals surface area contributed by atoms with E-state index in [0.717, 1.165) is 22.1 Å². The van der Waals surface area contributed by atoms with Gasteiger partial charge in [0.2, 0.25) is 0 Å². The Labute approximate surface area is 139 Å². The Bertz CT molecular complexity index is 982. The minimum Gasteiger partial charge on any atom is -0.484 e. The molecule has 1 N–H and O–H groups in total. The number of ether oxygens (including phenoxy) is 1. The first kappa shape index (κ1) is 7.97. The first-order valence-electron chi connectivity index (χ1n) is 10.1. The van der Waals surface area contributed by atoms with Crippen LogP contribution in [0, 0.1) is 0 Å². The summed E-state index contributed by atoms with van der Waals surface area (Å²) in [5.41, 5.74) is 0. The van der Waals surface area contributed by atoms with Crippen LogP contribution in [0.25, 0.3) is 10.8 Å². The standard InChI is InChI=1S/C18H19NOS/c1-19-12-11-17(18-10-5-13-21-18)20-16-9-4-7-14-6-2-3-8-15(14)16/h2-10,13,17,19H,11-12H2,1H3/i1D3,5D,10D,13D,17D. The van der Waals surface area contributed by atoms with Crippen LogP contribution in [0.3, 0.4) is 0 Å². The summed E-state index contributed by atoms with van der Waals surface area (Å²) in [6.45, 7) is -2.41. The van der Waals surface area contributed by atoms with E-state index in [4.69, 9.17) is 14.3 Å². The first-order chi connectivity index (χ1) is 13.1. The average Bonchev–Trinajstić information content (AvgIpc) is 2.89. The third-order valence-electron chi connectivity index (χ3n) is 3.09. The Balaban J connectivity index is 2.01. The molecule has 0 spiro atoms. The smallest absolute Gasteiger partial charge is 0.134 e. The lowest BCUT2D eigenvalue weighted by atomic mass is 10.1. The number of hydrogen-bond donors (Lipinski definition) is 1. The van der Waals surface area contributed by atoms with Gasteiger partial charge in [-0.05, 0) is 36.4 Å². The minimum atomic E-state index is -2.36. The summed E-state index contributed by atoms with van der Waals surface area (Å²) in [4.78, 5) is 0.114. The summed E-state index contributed by atoms with van der Waals surface area (Å²) >= 11 is 0.841. The molecule has 0 fully saturated rings. The van der Waals surface area contributed by atoms with Gasteiger partial charge < -0.3 is 10.1 Å². The molecule has 0 aliphatic heterocycles. The summed E-state index contributed by atoms with van der Waals surface area (Å²) in [6.07, 6.45) is -1.88. The number of benzene rings is 2. The van der Waals surface area contributed by atoms with Crippen LogP contribution in [0.1, 0.15) is 27.0 Å². The van der Waals surface area contributed by atoms with E-state index >= 15 is 0 Å². The number of thiophene rings is 1. The molecule has 1 atom stereocenters. The Hall–Kier alpha value is -1.84. The molecular formula is C18H19NOS. The maximum absolute atomic E-state index is 8.91. The lowest BCUT2D eigenvalue weighted by Crippen LogP contribution is -2.15. The van der Waals surface area contributed by atoms with Crippen LogP contribution in [0.2, 0.25) is 0 Å². The third-order valence-corrected chi connectivity index (χ3v) is 3.83. The molecule has 3 heteroatoms. The molecule has 21 heavy (non-hydrogen) atoms. The summed E-state index contributed by atoms with van der Waals surface area (Å²) in [5.74, 6) is 0.424. The van der Waals surface area contributed by atoms with Crippen molar-refractivity contribution in [1.82, 2.24) is 5.32 Å². The van der Waals surface area contributed by atoms with Crippen LogP contribution in [0.4, 0.5) is 0 Å². The fourth-order valence-electron chi connectivity index (χ4n) is 2.12. The highest BCUT2D eigenvalue weighted by Crippen LogP contribution is 2.32. The number of nitrogens with one attached hydrogen (secondary N) is 1. The van der Waals surface area contributed by atoms with Crippen molar-refractivity contribution in [3.63, 3.8) is 0 Å². The topological polar surface area (TPSA) is 21.3 Å². The Morgan fingerprint density at radius 3 is 3.10 bits per heavy atom. The Kier molecular flexibility index (Phi) is 2.56. The van der Waals surface area contributed by atoms with Gasteiger partial charge in [0.15, 0.2) is 0 Å². The Morgan fingerprint density at radius 1 is 1.33 bits per heavy atom. The molecule has 0 saturated heterocycles. The first-order valence-corrected chi connectivity index (χ1v) is 7.41. The third kappa shape index (κ3) is 3.26. The second-order valence-corrected chi connectivity index (χ2v) is 5.28. The monoisotopic (exact) mass is 304 g/mol. The van der Waals surface area contributed by atoms with E-state index in [1.54, 1.807) is 12.1 Å². The highest BCUT2D eigenvalue weighted by atomic mass is 32.1. The molecule has 3 aromatic rings. The molecule has 0 radical (unpaired) electrons. The van der Waals surface area contributed by atoms with Crippen molar-refractivity contribution in [3.05, 3.63) is 64.8 Å². The molecule has 1 heterocycles. The molecular weight excluding hydrogens is 278 g/mol. The van der Waals surface area contributed by atoms with Gasteiger partial charge in [0, 0.05) is 20.8 Å². The van der Waals surface area contributed by atoms with Crippen LogP contribution in [0.15, 0.2) is 59.9 Å². The van der Waals surface area contributed by atoms with Crippen molar-refractivity contribution in [2.75, 3.05) is 13.5 Å². The van der Waals surface area contributed by atoms with Gasteiger partial charge in [-0.25, -0.2) is 0 Å². The Morgan fingerprint density at radius 2 is 2.24 bits per heavy atom. The van der Waals surface area contributed by atoms with Gasteiger partial charge in [0.1, 0.15) is 11.8 Å². The van der Waals surface area contributed by atoms with E-state index in [9.17, 15) is 0 Å². The fourth-order valence-corrected chi connectivity index (χ4v) is 2.68. The molecule has 0 aliphatic carbocycles. The van der Waals surface area contributed by atoms with E-state index in [1.165, 1.54) is 0 Å². The summed E-state index contributed by atoms with van der Waals surface area (Å²) in [5, 5.41) is 3.94. The lowest BCUT2D eigenvalue weighted by Gasteiger charge is -2.19. The molecule has 1 unspecified atom stereocenters. The van der Waals surface area contributed by atoms with Gasteiger partial charge in [-0.15, -0.1) is 11.3 Å². The lowest BCUT2D eigenvalue weighted by molar-refractivity contribution is 0.201. The molecule has 2 nitrogen and oxygen atoms in total. The van der Waals surface area contributed by atoms with Crippen LogP contribution in [-0.4, -0.2) is 13.5 Å². The summed E-state index contributed by atoms with van der Waals surface area (Å²) in [6, 6.07) is 12.4. The zero-order chi connectivity index (χ0) is 20.5. The van der Waals surface area contributed by atoms with Crippen LogP contribution < -0.4 is 10.1 Å². The van der Waals surface area contributed by atoms with Gasteiger partial charge in [-0.1, -0.05) is 42.4 Å². The van der Waals surface area contributed by atoms with Crippen molar-refractivity contribution in [1.29, 1.82) is 0 Å². The molecule has 0 aliphatic rings. The predicted octanol–water partition coefficient (Wildman–Crippen LogP) is 4.63.